The minimum atomic E-state index is -0.248. The molecule has 1 aliphatic carbocycles. The van der Waals surface area contributed by atoms with Crippen LogP contribution >= 0.6 is 11.3 Å². The summed E-state index contributed by atoms with van der Waals surface area (Å²) in [4.78, 5) is 20.6. The first kappa shape index (κ1) is 15.5. The molecule has 0 N–H and O–H groups in total. The van der Waals surface area contributed by atoms with Crippen LogP contribution in [-0.2, 0) is 9.47 Å². The van der Waals surface area contributed by atoms with Gasteiger partial charge in [-0.05, 0) is 32.1 Å². The topological polar surface area (TPSA) is 51.7 Å². The van der Waals surface area contributed by atoms with E-state index in [9.17, 15) is 4.79 Å². The summed E-state index contributed by atoms with van der Waals surface area (Å²) in [6.07, 6.45) is 7.76. The zero-order valence-electron chi connectivity index (χ0n) is 13.4. The van der Waals surface area contributed by atoms with Crippen molar-refractivity contribution in [3.63, 3.8) is 0 Å². The normalized spacial score (nSPS) is 27.0. The van der Waals surface area contributed by atoms with Crippen LogP contribution in [0.3, 0.4) is 0 Å². The SMILES string of the molecule is O=C(c1scnc1C1CCCC1)N1CCCC[C@@H]1C1OCCO1. The van der Waals surface area contributed by atoms with Gasteiger partial charge in [-0.15, -0.1) is 11.3 Å². The average molecular weight is 336 g/mol. The van der Waals surface area contributed by atoms with Crippen molar-refractivity contribution in [3.05, 3.63) is 16.1 Å². The van der Waals surface area contributed by atoms with E-state index >= 15 is 0 Å². The van der Waals surface area contributed by atoms with Gasteiger partial charge in [0.15, 0.2) is 6.29 Å². The van der Waals surface area contributed by atoms with E-state index in [0.29, 0.717) is 19.1 Å². The smallest absolute Gasteiger partial charge is 0.266 e. The highest BCUT2D eigenvalue weighted by atomic mass is 32.1. The lowest BCUT2D eigenvalue weighted by Gasteiger charge is -2.38. The highest BCUT2D eigenvalue weighted by Gasteiger charge is 2.38. The van der Waals surface area contributed by atoms with Crippen molar-refractivity contribution in [2.45, 2.75) is 63.2 Å². The second-order valence-electron chi connectivity index (χ2n) is 6.72. The molecule has 0 aromatic carbocycles. The highest BCUT2D eigenvalue weighted by Crippen LogP contribution is 2.37. The van der Waals surface area contributed by atoms with Gasteiger partial charge in [-0.1, -0.05) is 12.8 Å². The average Bonchev–Trinajstić information content (AvgIpc) is 3.35. The number of nitrogens with zero attached hydrogens (tertiary/aromatic N) is 2. The summed E-state index contributed by atoms with van der Waals surface area (Å²) in [6, 6.07) is 0.0530. The molecule has 0 radical (unpaired) electrons. The third kappa shape index (κ3) is 3.04. The second kappa shape index (κ2) is 6.87. The minimum absolute atomic E-state index is 0.0530. The Hall–Kier alpha value is -0.980. The predicted molar refractivity (Wildman–Crippen MR) is 87.7 cm³/mol. The number of amides is 1. The molecule has 1 aromatic rings. The molecule has 1 saturated carbocycles. The molecule has 1 aromatic heterocycles. The maximum atomic E-state index is 13.2. The lowest BCUT2D eigenvalue weighted by atomic mass is 9.99. The number of likely N-dealkylation sites (tertiary alicyclic amines) is 1. The van der Waals surface area contributed by atoms with Gasteiger partial charge in [0.05, 0.1) is 30.5 Å². The number of carbonyl (C=O) groups is 1. The molecule has 2 saturated heterocycles. The van der Waals surface area contributed by atoms with Crippen LogP contribution in [0.15, 0.2) is 5.51 Å². The fraction of sp³-hybridized carbons (Fsp3) is 0.765. The molecule has 4 rings (SSSR count). The van der Waals surface area contributed by atoms with E-state index in [0.717, 1.165) is 36.4 Å². The van der Waals surface area contributed by atoms with E-state index in [1.54, 1.807) is 0 Å². The Morgan fingerprint density at radius 3 is 2.65 bits per heavy atom. The van der Waals surface area contributed by atoms with Gasteiger partial charge in [0, 0.05) is 12.5 Å². The molecule has 6 heteroatoms. The van der Waals surface area contributed by atoms with Crippen LogP contribution in [0.25, 0.3) is 0 Å². The van der Waals surface area contributed by atoms with Crippen LogP contribution in [0.2, 0.25) is 0 Å². The standard InChI is InChI=1S/C17H24N2O3S/c20-16(15-14(18-11-23-15)12-5-1-2-6-12)19-8-4-3-7-13(19)17-21-9-10-22-17/h11-13,17H,1-10H2/t13-/m1/s1. The molecule has 1 amide bonds. The van der Waals surface area contributed by atoms with E-state index < -0.39 is 0 Å². The van der Waals surface area contributed by atoms with Gasteiger partial charge < -0.3 is 14.4 Å². The van der Waals surface area contributed by atoms with Gasteiger partial charge in [-0.3, -0.25) is 4.79 Å². The van der Waals surface area contributed by atoms with Gasteiger partial charge in [0.25, 0.3) is 5.91 Å². The van der Waals surface area contributed by atoms with Crippen molar-refractivity contribution in [1.82, 2.24) is 9.88 Å². The van der Waals surface area contributed by atoms with Crippen LogP contribution in [0.5, 0.6) is 0 Å². The lowest BCUT2D eigenvalue weighted by Crippen LogP contribution is -2.50. The van der Waals surface area contributed by atoms with Gasteiger partial charge in [-0.2, -0.15) is 0 Å². The minimum Gasteiger partial charge on any atom is -0.348 e. The van der Waals surface area contributed by atoms with Crippen molar-refractivity contribution < 1.29 is 14.3 Å². The Kier molecular flexibility index (Phi) is 4.64. The van der Waals surface area contributed by atoms with E-state index in [1.807, 2.05) is 10.4 Å². The fourth-order valence-corrected chi connectivity index (χ4v) is 4.96. The maximum absolute atomic E-state index is 13.2. The Labute approximate surface area is 141 Å². The Bertz CT molecular complexity index is 550. The first-order valence-electron chi connectivity index (χ1n) is 8.82. The molecule has 3 fully saturated rings. The third-order valence-electron chi connectivity index (χ3n) is 5.30. The van der Waals surface area contributed by atoms with Gasteiger partial charge in [0.2, 0.25) is 0 Å². The van der Waals surface area contributed by atoms with Crippen LogP contribution < -0.4 is 0 Å². The molecule has 3 heterocycles. The van der Waals surface area contributed by atoms with Crippen LogP contribution in [0.4, 0.5) is 0 Å². The number of aromatic nitrogens is 1. The predicted octanol–water partition coefficient (Wildman–Crippen LogP) is 3.17. The largest absolute Gasteiger partial charge is 0.348 e. The second-order valence-corrected chi connectivity index (χ2v) is 7.57. The van der Waals surface area contributed by atoms with Crippen LogP contribution in [0.1, 0.15) is 66.2 Å². The molecule has 5 nitrogen and oxygen atoms in total. The van der Waals surface area contributed by atoms with E-state index in [1.165, 1.54) is 37.0 Å². The number of rotatable bonds is 3. The van der Waals surface area contributed by atoms with Gasteiger partial charge >= 0.3 is 0 Å². The molecule has 2 aliphatic heterocycles. The van der Waals surface area contributed by atoms with E-state index in [4.69, 9.17) is 9.47 Å². The number of carbonyl (C=O) groups excluding carboxylic acids is 1. The van der Waals surface area contributed by atoms with Crippen molar-refractivity contribution in [2.24, 2.45) is 0 Å². The van der Waals surface area contributed by atoms with Crippen molar-refractivity contribution in [3.8, 4) is 0 Å². The number of hydrogen-bond acceptors (Lipinski definition) is 5. The van der Waals surface area contributed by atoms with E-state index in [-0.39, 0.29) is 18.2 Å². The first-order chi connectivity index (χ1) is 11.3. The highest BCUT2D eigenvalue weighted by molar-refractivity contribution is 7.11. The zero-order valence-corrected chi connectivity index (χ0v) is 14.2. The lowest BCUT2D eigenvalue weighted by molar-refractivity contribution is -0.100. The molecule has 126 valence electrons. The molecule has 3 aliphatic rings. The Morgan fingerprint density at radius 1 is 1.13 bits per heavy atom. The summed E-state index contributed by atoms with van der Waals surface area (Å²) >= 11 is 1.50. The Morgan fingerprint density at radius 2 is 1.87 bits per heavy atom. The molecule has 1 atom stereocenters. The summed E-state index contributed by atoms with van der Waals surface area (Å²) in [6.45, 7) is 2.07. The number of piperidine rings is 1. The fourth-order valence-electron chi connectivity index (χ4n) is 4.13. The maximum Gasteiger partial charge on any atom is 0.266 e. The number of ether oxygens (including phenoxy) is 2. The molecule has 0 spiro atoms. The van der Waals surface area contributed by atoms with Crippen LogP contribution in [-0.4, -0.2) is 47.9 Å². The van der Waals surface area contributed by atoms with Crippen molar-refractivity contribution >= 4 is 17.2 Å². The summed E-state index contributed by atoms with van der Waals surface area (Å²) in [5.74, 6) is 0.612. The molecule has 0 bridgehead atoms. The van der Waals surface area contributed by atoms with Crippen molar-refractivity contribution in [2.75, 3.05) is 19.8 Å². The summed E-state index contributed by atoms with van der Waals surface area (Å²) in [5, 5.41) is 0. The number of thiazole rings is 1. The quantitative estimate of drug-likeness (QED) is 0.851. The molecular formula is C17H24N2O3S. The van der Waals surface area contributed by atoms with Gasteiger partial charge in [0.1, 0.15) is 4.88 Å². The Balaban J connectivity index is 1.56. The van der Waals surface area contributed by atoms with E-state index in [2.05, 4.69) is 4.98 Å². The summed E-state index contributed by atoms with van der Waals surface area (Å²) < 4.78 is 11.4. The summed E-state index contributed by atoms with van der Waals surface area (Å²) in [5.41, 5.74) is 2.87. The first-order valence-corrected chi connectivity index (χ1v) is 9.70. The number of hydrogen-bond donors (Lipinski definition) is 0. The zero-order chi connectivity index (χ0) is 15.6. The molecule has 0 unspecified atom stereocenters. The van der Waals surface area contributed by atoms with Gasteiger partial charge in [-0.25, -0.2) is 4.98 Å². The summed E-state index contributed by atoms with van der Waals surface area (Å²) in [7, 11) is 0. The monoisotopic (exact) mass is 336 g/mol. The van der Waals surface area contributed by atoms with Crippen LogP contribution in [0, 0.1) is 0 Å². The van der Waals surface area contributed by atoms with Crippen molar-refractivity contribution in [1.29, 1.82) is 0 Å². The molecular weight excluding hydrogens is 312 g/mol. The molecule has 23 heavy (non-hydrogen) atoms. The third-order valence-corrected chi connectivity index (χ3v) is 6.13.